The lowest BCUT2D eigenvalue weighted by molar-refractivity contribution is 0.275. The molecule has 0 saturated heterocycles. The third-order valence-corrected chi connectivity index (χ3v) is 6.42. The standard InChI is InChI=1S/C24H26N6O/c1-14-9-15(5-6-19(14)24(7-8-24)30(2)3)21-11-17-18(13-26-22(17)29-28-21)16-10-20(25)23(31-4)27-12-16/h5-6,9-13H,7-8,25H2,1-4H3,(H,26,29). The van der Waals surface area contributed by atoms with Crippen molar-refractivity contribution in [1.82, 2.24) is 25.1 Å². The maximum Gasteiger partial charge on any atom is 0.236 e. The Balaban J connectivity index is 1.56. The first kappa shape index (κ1) is 19.5. The van der Waals surface area contributed by atoms with Gasteiger partial charge in [0.05, 0.1) is 18.5 Å². The monoisotopic (exact) mass is 414 g/mol. The molecule has 1 aromatic carbocycles. The van der Waals surface area contributed by atoms with Gasteiger partial charge in [-0.25, -0.2) is 4.98 Å². The number of fused-ring (bicyclic) bond motifs is 1. The zero-order valence-electron chi connectivity index (χ0n) is 18.2. The molecule has 0 radical (unpaired) electrons. The normalized spacial score (nSPS) is 14.9. The number of nitrogens with zero attached hydrogens (tertiary/aromatic N) is 4. The number of nitrogens with one attached hydrogen (secondary N) is 1. The van der Waals surface area contributed by atoms with Crippen LogP contribution in [0.4, 0.5) is 5.69 Å². The lowest BCUT2D eigenvalue weighted by Crippen LogP contribution is -2.28. The summed E-state index contributed by atoms with van der Waals surface area (Å²) in [5.41, 5.74) is 13.9. The predicted molar refractivity (Wildman–Crippen MR) is 123 cm³/mol. The summed E-state index contributed by atoms with van der Waals surface area (Å²) in [6.07, 6.45) is 6.08. The van der Waals surface area contributed by atoms with E-state index >= 15 is 0 Å². The largest absolute Gasteiger partial charge is 0.480 e. The second-order valence-corrected chi connectivity index (χ2v) is 8.47. The van der Waals surface area contributed by atoms with E-state index < -0.39 is 0 Å². The fourth-order valence-corrected chi connectivity index (χ4v) is 4.51. The van der Waals surface area contributed by atoms with Crippen LogP contribution in [0.5, 0.6) is 5.88 Å². The number of aromatic nitrogens is 4. The maximum absolute atomic E-state index is 6.07. The summed E-state index contributed by atoms with van der Waals surface area (Å²) >= 11 is 0. The predicted octanol–water partition coefficient (Wildman–Crippen LogP) is 4.14. The van der Waals surface area contributed by atoms with Crippen LogP contribution in [-0.2, 0) is 5.54 Å². The van der Waals surface area contributed by atoms with Crippen LogP contribution in [0, 0.1) is 6.92 Å². The van der Waals surface area contributed by atoms with E-state index in [1.165, 1.54) is 24.0 Å². The van der Waals surface area contributed by atoms with Crippen LogP contribution in [0.3, 0.4) is 0 Å². The molecule has 4 aromatic rings. The number of hydrogen-bond acceptors (Lipinski definition) is 6. The van der Waals surface area contributed by atoms with Crippen LogP contribution in [-0.4, -0.2) is 46.3 Å². The van der Waals surface area contributed by atoms with Crippen LogP contribution >= 0.6 is 0 Å². The third kappa shape index (κ3) is 3.13. The summed E-state index contributed by atoms with van der Waals surface area (Å²) in [4.78, 5) is 9.83. The lowest BCUT2D eigenvalue weighted by Gasteiger charge is -2.26. The van der Waals surface area contributed by atoms with Crippen molar-refractivity contribution in [2.24, 2.45) is 0 Å². The molecule has 7 nitrogen and oxygen atoms in total. The zero-order valence-corrected chi connectivity index (χ0v) is 18.2. The Morgan fingerprint density at radius 2 is 1.90 bits per heavy atom. The van der Waals surface area contributed by atoms with Gasteiger partial charge in [-0.2, -0.15) is 0 Å². The molecule has 1 aliphatic rings. The highest BCUT2D eigenvalue weighted by molar-refractivity contribution is 5.95. The van der Waals surface area contributed by atoms with Crippen LogP contribution in [0.1, 0.15) is 24.0 Å². The highest BCUT2D eigenvalue weighted by Gasteiger charge is 2.47. The van der Waals surface area contributed by atoms with E-state index in [1.54, 1.807) is 13.3 Å². The van der Waals surface area contributed by atoms with Gasteiger partial charge in [-0.3, -0.25) is 4.90 Å². The van der Waals surface area contributed by atoms with Crippen molar-refractivity contribution in [3.05, 3.63) is 53.9 Å². The molecule has 3 heterocycles. The number of aromatic amines is 1. The quantitative estimate of drug-likeness (QED) is 0.510. The van der Waals surface area contributed by atoms with Gasteiger partial charge in [0.2, 0.25) is 5.88 Å². The first-order valence-electron chi connectivity index (χ1n) is 10.4. The van der Waals surface area contributed by atoms with Gasteiger partial charge in [0.25, 0.3) is 0 Å². The topological polar surface area (TPSA) is 92.9 Å². The summed E-state index contributed by atoms with van der Waals surface area (Å²) in [5.74, 6) is 0.422. The van der Waals surface area contributed by atoms with Crippen molar-refractivity contribution in [3.63, 3.8) is 0 Å². The minimum absolute atomic E-state index is 0.188. The number of H-pyrrole nitrogens is 1. The Morgan fingerprint density at radius 1 is 1.10 bits per heavy atom. The number of methoxy groups -OCH3 is 1. The van der Waals surface area contributed by atoms with Gasteiger partial charge in [-0.05, 0) is 63.2 Å². The van der Waals surface area contributed by atoms with E-state index in [2.05, 4.69) is 70.3 Å². The summed E-state index contributed by atoms with van der Waals surface area (Å²) in [7, 11) is 5.88. The molecule has 1 saturated carbocycles. The second kappa shape index (κ2) is 7.06. The number of benzene rings is 1. The average molecular weight is 415 g/mol. The first-order chi connectivity index (χ1) is 14.9. The van der Waals surface area contributed by atoms with Crippen LogP contribution in [0.2, 0.25) is 0 Å². The Bertz CT molecular complexity index is 1290. The molecule has 0 spiro atoms. The van der Waals surface area contributed by atoms with E-state index in [0.29, 0.717) is 11.6 Å². The molecular weight excluding hydrogens is 388 g/mol. The average Bonchev–Trinajstić information content (AvgIpc) is 3.46. The van der Waals surface area contributed by atoms with Gasteiger partial charge >= 0.3 is 0 Å². The number of ether oxygens (including phenoxy) is 1. The molecule has 0 aliphatic heterocycles. The number of rotatable bonds is 5. The maximum atomic E-state index is 6.07. The van der Waals surface area contributed by atoms with Gasteiger partial charge in [0, 0.05) is 40.0 Å². The SMILES string of the molecule is COc1ncc(-c2c[nH]c3nnc(-c4ccc(C5(N(C)C)CC5)c(C)c4)cc23)cc1N. The molecule has 0 amide bonds. The van der Waals surface area contributed by atoms with Crippen molar-refractivity contribution in [1.29, 1.82) is 0 Å². The minimum Gasteiger partial charge on any atom is -0.480 e. The van der Waals surface area contributed by atoms with E-state index in [1.807, 2.05) is 12.3 Å². The van der Waals surface area contributed by atoms with Gasteiger partial charge in [0.1, 0.15) is 0 Å². The molecule has 1 fully saturated rings. The number of hydrogen-bond donors (Lipinski definition) is 2. The molecule has 5 rings (SSSR count). The van der Waals surface area contributed by atoms with Crippen LogP contribution in [0.15, 0.2) is 42.7 Å². The molecule has 0 atom stereocenters. The van der Waals surface area contributed by atoms with Crippen molar-refractivity contribution in [3.8, 4) is 28.3 Å². The minimum atomic E-state index is 0.188. The van der Waals surface area contributed by atoms with Crippen molar-refractivity contribution >= 4 is 16.7 Å². The second-order valence-electron chi connectivity index (χ2n) is 8.47. The van der Waals surface area contributed by atoms with Crippen molar-refractivity contribution in [2.75, 3.05) is 26.9 Å². The zero-order chi connectivity index (χ0) is 21.8. The number of aryl methyl sites for hydroxylation is 1. The molecule has 1 aliphatic carbocycles. The van der Waals surface area contributed by atoms with E-state index in [4.69, 9.17) is 10.5 Å². The smallest absolute Gasteiger partial charge is 0.236 e. The van der Waals surface area contributed by atoms with E-state index in [-0.39, 0.29) is 5.54 Å². The molecule has 0 bridgehead atoms. The van der Waals surface area contributed by atoms with Crippen molar-refractivity contribution in [2.45, 2.75) is 25.3 Å². The summed E-state index contributed by atoms with van der Waals surface area (Å²) in [6.45, 7) is 2.18. The molecule has 3 N–H and O–H groups in total. The fraction of sp³-hybridized carbons (Fsp3) is 0.292. The third-order valence-electron chi connectivity index (χ3n) is 6.42. The molecule has 0 unspecified atom stereocenters. The van der Waals surface area contributed by atoms with Crippen LogP contribution < -0.4 is 10.5 Å². The highest BCUT2D eigenvalue weighted by Crippen LogP contribution is 2.51. The lowest BCUT2D eigenvalue weighted by atomic mass is 9.95. The Kier molecular flexibility index (Phi) is 4.44. The summed E-state index contributed by atoms with van der Waals surface area (Å²) in [5, 5.41) is 9.85. The number of nitrogen functional groups attached to an aromatic ring is 1. The van der Waals surface area contributed by atoms with E-state index in [9.17, 15) is 0 Å². The Hall–Kier alpha value is -3.45. The van der Waals surface area contributed by atoms with E-state index in [0.717, 1.165) is 33.4 Å². The summed E-state index contributed by atoms with van der Waals surface area (Å²) < 4.78 is 5.18. The number of nitrogens with two attached hydrogens (primary N) is 1. The van der Waals surface area contributed by atoms with Gasteiger partial charge in [-0.1, -0.05) is 12.1 Å². The molecule has 7 heteroatoms. The molecular formula is C24H26N6O. The van der Waals surface area contributed by atoms with Gasteiger partial charge in [0.15, 0.2) is 5.65 Å². The highest BCUT2D eigenvalue weighted by atomic mass is 16.5. The molecule has 31 heavy (non-hydrogen) atoms. The molecule has 158 valence electrons. The molecule has 3 aromatic heterocycles. The van der Waals surface area contributed by atoms with Gasteiger partial charge in [-0.15, -0.1) is 10.2 Å². The Morgan fingerprint density at radius 3 is 2.55 bits per heavy atom. The van der Waals surface area contributed by atoms with Gasteiger partial charge < -0.3 is 15.5 Å². The number of anilines is 1. The van der Waals surface area contributed by atoms with Crippen molar-refractivity contribution < 1.29 is 4.74 Å². The fourth-order valence-electron chi connectivity index (χ4n) is 4.51. The summed E-state index contributed by atoms with van der Waals surface area (Å²) in [6, 6.07) is 10.6. The number of pyridine rings is 1. The Labute approximate surface area is 181 Å². The first-order valence-corrected chi connectivity index (χ1v) is 10.4. The van der Waals surface area contributed by atoms with Crippen LogP contribution in [0.25, 0.3) is 33.4 Å².